The largest absolute Gasteiger partial charge is 0.459 e. The molecule has 2 fully saturated rings. The van der Waals surface area contributed by atoms with Crippen LogP contribution in [0.2, 0.25) is 0 Å². The van der Waals surface area contributed by atoms with Crippen molar-refractivity contribution >= 4 is 0 Å². The smallest absolute Gasteiger partial charge is 0.300 e. The van der Waals surface area contributed by atoms with Crippen LogP contribution in [0.5, 0.6) is 0 Å². The van der Waals surface area contributed by atoms with E-state index in [1.165, 1.54) is 6.42 Å². The van der Waals surface area contributed by atoms with Crippen LogP contribution in [0.1, 0.15) is 46.0 Å². The highest BCUT2D eigenvalue weighted by Gasteiger charge is 2.40. The predicted octanol–water partition coefficient (Wildman–Crippen LogP) is 3.73. The second-order valence-corrected chi connectivity index (χ2v) is 6.58. The molecule has 2 aliphatic heterocycles. The van der Waals surface area contributed by atoms with E-state index in [9.17, 15) is 13.2 Å². The summed E-state index contributed by atoms with van der Waals surface area (Å²) in [5, 5.41) is 0. The first-order valence-corrected chi connectivity index (χ1v) is 7.96. The minimum absolute atomic E-state index is 0.180. The summed E-state index contributed by atoms with van der Waals surface area (Å²) in [7, 11) is 0. The third-order valence-corrected chi connectivity index (χ3v) is 4.94. The molecule has 2 heterocycles. The van der Waals surface area contributed by atoms with Crippen LogP contribution in [0.4, 0.5) is 13.2 Å². The summed E-state index contributed by atoms with van der Waals surface area (Å²) in [6.07, 6.45) is 0.793. The zero-order valence-corrected chi connectivity index (χ0v) is 12.6. The first kappa shape index (κ1) is 16.1. The second kappa shape index (κ2) is 6.65. The Hall–Kier alpha value is -0.290. The van der Waals surface area contributed by atoms with Crippen molar-refractivity contribution < 1.29 is 13.2 Å². The SMILES string of the molecule is CCN1CC(C)CCC1CC1CCCN(C(F)(F)F)C1. The molecule has 2 nitrogen and oxygen atoms in total. The molecule has 2 aliphatic rings. The highest BCUT2D eigenvalue weighted by molar-refractivity contribution is 4.84. The monoisotopic (exact) mass is 292 g/mol. The number of alkyl halides is 3. The molecule has 118 valence electrons. The molecule has 0 saturated carbocycles. The molecule has 0 bridgehead atoms. The van der Waals surface area contributed by atoms with Crippen LogP contribution in [0.3, 0.4) is 0 Å². The van der Waals surface area contributed by atoms with Crippen LogP contribution in [-0.4, -0.2) is 48.3 Å². The topological polar surface area (TPSA) is 6.48 Å². The molecular weight excluding hydrogens is 265 g/mol. The van der Waals surface area contributed by atoms with Gasteiger partial charge in [-0.3, -0.25) is 0 Å². The number of halogens is 3. The molecule has 0 amide bonds. The Balaban J connectivity index is 1.89. The summed E-state index contributed by atoms with van der Waals surface area (Å²) in [4.78, 5) is 3.18. The number of piperidine rings is 2. The third-order valence-electron chi connectivity index (χ3n) is 4.94. The lowest BCUT2D eigenvalue weighted by atomic mass is 9.85. The molecule has 0 N–H and O–H groups in total. The fourth-order valence-electron chi connectivity index (χ4n) is 3.83. The van der Waals surface area contributed by atoms with Gasteiger partial charge in [-0.25, -0.2) is 4.90 Å². The van der Waals surface area contributed by atoms with Gasteiger partial charge in [-0.2, -0.15) is 13.2 Å². The van der Waals surface area contributed by atoms with E-state index in [0.717, 1.165) is 38.3 Å². The maximum Gasteiger partial charge on any atom is 0.459 e. The molecule has 0 aliphatic carbocycles. The van der Waals surface area contributed by atoms with Gasteiger partial charge in [0.25, 0.3) is 0 Å². The minimum atomic E-state index is -4.15. The van der Waals surface area contributed by atoms with Gasteiger partial charge in [0.05, 0.1) is 0 Å². The zero-order valence-electron chi connectivity index (χ0n) is 12.6. The Bertz CT molecular complexity index is 306. The van der Waals surface area contributed by atoms with Gasteiger partial charge in [0, 0.05) is 25.7 Å². The van der Waals surface area contributed by atoms with E-state index >= 15 is 0 Å². The normalized spacial score (nSPS) is 34.4. The maximum atomic E-state index is 12.8. The van der Waals surface area contributed by atoms with Crippen LogP contribution in [0.25, 0.3) is 0 Å². The molecular formula is C15H27F3N2. The van der Waals surface area contributed by atoms with Crippen molar-refractivity contribution in [3.05, 3.63) is 0 Å². The average Bonchev–Trinajstić information content (AvgIpc) is 2.40. The van der Waals surface area contributed by atoms with Crippen LogP contribution in [0.15, 0.2) is 0 Å². The van der Waals surface area contributed by atoms with Crippen LogP contribution < -0.4 is 0 Å². The predicted molar refractivity (Wildman–Crippen MR) is 74.4 cm³/mol. The first-order chi connectivity index (χ1) is 9.40. The molecule has 0 aromatic carbocycles. The maximum absolute atomic E-state index is 12.8. The van der Waals surface area contributed by atoms with Crippen molar-refractivity contribution in [3.63, 3.8) is 0 Å². The van der Waals surface area contributed by atoms with Gasteiger partial charge in [0.2, 0.25) is 0 Å². The fraction of sp³-hybridized carbons (Fsp3) is 1.00. The molecule has 3 unspecified atom stereocenters. The Morgan fingerprint density at radius 1 is 1.10 bits per heavy atom. The number of likely N-dealkylation sites (tertiary alicyclic amines) is 2. The standard InChI is InChI=1S/C15H27F3N2/c1-3-19-10-12(2)6-7-14(19)9-13-5-4-8-20(11-13)15(16,17)18/h12-14H,3-11H2,1-2H3. The Labute approximate surface area is 120 Å². The molecule has 5 heteroatoms. The summed E-state index contributed by atoms with van der Waals surface area (Å²) < 4.78 is 38.4. The average molecular weight is 292 g/mol. The van der Waals surface area contributed by atoms with E-state index in [-0.39, 0.29) is 19.0 Å². The lowest BCUT2D eigenvalue weighted by molar-refractivity contribution is -0.254. The molecule has 3 atom stereocenters. The van der Waals surface area contributed by atoms with Gasteiger partial charge in [-0.1, -0.05) is 13.8 Å². The summed E-state index contributed by atoms with van der Waals surface area (Å²) in [6, 6.07) is 0.495. The van der Waals surface area contributed by atoms with Gasteiger partial charge in [0.1, 0.15) is 0 Å². The van der Waals surface area contributed by atoms with Gasteiger partial charge in [-0.05, 0) is 50.5 Å². The van der Waals surface area contributed by atoms with Gasteiger partial charge in [0.15, 0.2) is 0 Å². The molecule has 0 spiro atoms. The number of hydrogen-bond donors (Lipinski definition) is 0. The number of nitrogens with zero attached hydrogens (tertiary/aromatic N) is 2. The number of hydrogen-bond acceptors (Lipinski definition) is 2. The molecule has 0 aromatic heterocycles. The van der Waals surface area contributed by atoms with E-state index < -0.39 is 6.30 Å². The van der Waals surface area contributed by atoms with Gasteiger partial charge < -0.3 is 4.90 Å². The van der Waals surface area contributed by atoms with Gasteiger partial charge in [-0.15, -0.1) is 0 Å². The van der Waals surface area contributed by atoms with Crippen LogP contribution in [-0.2, 0) is 0 Å². The van der Waals surface area contributed by atoms with E-state index in [0.29, 0.717) is 17.4 Å². The summed E-state index contributed by atoms with van der Waals surface area (Å²) in [5.41, 5.74) is 0. The van der Waals surface area contributed by atoms with Crippen molar-refractivity contribution in [3.8, 4) is 0 Å². The van der Waals surface area contributed by atoms with E-state index in [4.69, 9.17) is 0 Å². The van der Waals surface area contributed by atoms with Crippen molar-refractivity contribution in [2.24, 2.45) is 11.8 Å². The van der Waals surface area contributed by atoms with Crippen molar-refractivity contribution in [2.45, 2.75) is 58.3 Å². The van der Waals surface area contributed by atoms with Gasteiger partial charge >= 0.3 is 6.30 Å². The van der Waals surface area contributed by atoms with E-state index in [1.54, 1.807) is 0 Å². The highest BCUT2D eigenvalue weighted by Crippen LogP contribution is 2.32. The Kier molecular flexibility index (Phi) is 5.35. The molecule has 0 aromatic rings. The Morgan fingerprint density at radius 2 is 1.85 bits per heavy atom. The minimum Gasteiger partial charge on any atom is -0.300 e. The third kappa shape index (κ3) is 4.10. The molecule has 2 saturated heterocycles. The summed E-state index contributed by atoms with van der Waals surface area (Å²) in [5.74, 6) is 0.932. The molecule has 20 heavy (non-hydrogen) atoms. The molecule has 2 rings (SSSR count). The van der Waals surface area contributed by atoms with Crippen molar-refractivity contribution in [2.75, 3.05) is 26.2 Å². The lowest BCUT2D eigenvalue weighted by Gasteiger charge is -2.41. The molecule has 0 radical (unpaired) electrons. The van der Waals surface area contributed by atoms with Crippen LogP contribution >= 0.6 is 0 Å². The fourth-order valence-corrected chi connectivity index (χ4v) is 3.83. The Morgan fingerprint density at radius 3 is 2.50 bits per heavy atom. The summed E-state index contributed by atoms with van der Waals surface area (Å²) in [6.45, 7) is 6.94. The second-order valence-electron chi connectivity index (χ2n) is 6.58. The van der Waals surface area contributed by atoms with Crippen LogP contribution in [0, 0.1) is 11.8 Å². The zero-order chi connectivity index (χ0) is 14.8. The highest BCUT2D eigenvalue weighted by atomic mass is 19.4. The lowest BCUT2D eigenvalue weighted by Crippen LogP contribution is -2.48. The van der Waals surface area contributed by atoms with Crippen molar-refractivity contribution in [1.29, 1.82) is 0 Å². The quantitative estimate of drug-likeness (QED) is 0.731. The van der Waals surface area contributed by atoms with Crippen molar-refractivity contribution in [1.82, 2.24) is 9.80 Å². The van der Waals surface area contributed by atoms with E-state index in [2.05, 4.69) is 18.7 Å². The van der Waals surface area contributed by atoms with E-state index in [1.807, 2.05) is 0 Å². The number of rotatable bonds is 3. The first-order valence-electron chi connectivity index (χ1n) is 7.96. The summed E-state index contributed by atoms with van der Waals surface area (Å²) >= 11 is 0.